The van der Waals surface area contributed by atoms with Gasteiger partial charge < -0.3 is 27.9 Å². The zero-order chi connectivity index (χ0) is 50.6. The monoisotopic (exact) mass is 996 g/mol. The van der Waals surface area contributed by atoms with Crippen LogP contribution in [0.3, 0.4) is 0 Å². The molecule has 0 heterocycles. The molecule has 0 N–H and O–H groups in total. The maximum atomic E-state index is 12.8. The second-order valence-electron chi connectivity index (χ2n) is 21.4. The van der Waals surface area contributed by atoms with Crippen molar-refractivity contribution in [2.45, 2.75) is 296 Å². The Balaban J connectivity index is 4.01. The Labute approximate surface area is 428 Å². The van der Waals surface area contributed by atoms with Crippen LogP contribution in [0.2, 0.25) is 0 Å². The van der Waals surface area contributed by atoms with Crippen molar-refractivity contribution < 1.29 is 42.1 Å². The molecule has 69 heavy (non-hydrogen) atoms. The molecular weight excluding hydrogens is 882 g/mol. The highest BCUT2D eigenvalue weighted by atomic mass is 31.2. The topological polar surface area (TPSA) is 111 Å². The van der Waals surface area contributed by atoms with Crippen molar-refractivity contribution in [3.8, 4) is 0 Å². The Morgan fingerprint density at radius 1 is 0.449 bits per heavy atom. The van der Waals surface area contributed by atoms with E-state index in [-0.39, 0.29) is 32.0 Å². The molecule has 0 radical (unpaired) electrons. The number of hydrogen-bond acceptors (Lipinski definition) is 8. The fourth-order valence-corrected chi connectivity index (χ4v) is 9.36. The highest BCUT2D eigenvalue weighted by molar-refractivity contribution is 7.45. The molecule has 10 heteroatoms. The summed E-state index contributed by atoms with van der Waals surface area (Å²) in [5.41, 5.74) is 0. The van der Waals surface area contributed by atoms with Gasteiger partial charge in [0.2, 0.25) is 0 Å². The molecule has 0 amide bonds. The van der Waals surface area contributed by atoms with E-state index in [2.05, 4.69) is 38.2 Å². The van der Waals surface area contributed by atoms with Gasteiger partial charge in [-0.1, -0.05) is 256 Å². The lowest BCUT2D eigenvalue weighted by molar-refractivity contribution is -0.870. The minimum atomic E-state index is -4.63. The second kappa shape index (κ2) is 51.4. The predicted octanol–water partition coefficient (Wildman–Crippen LogP) is 17.6. The molecule has 0 spiro atoms. The molecule has 0 aromatic heterocycles. The van der Waals surface area contributed by atoms with Crippen molar-refractivity contribution in [2.24, 2.45) is 0 Å². The maximum absolute atomic E-state index is 12.8. The number of phosphoric ester groups is 1. The molecule has 0 aliphatic carbocycles. The summed E-state index contributed by atoms with van der Waals surface area (Å²) in [4.78, 5) is 37.8. The number of nitrogens with zero attached hydrogens (tertiary/aromatic N) is 1. The fourth-order valence-electron chi connectivity index (χ4n) is 8.63. The fraction of sp³-hybridized carbons (Fsp3) is 0.898. The first-order chi connectivity index (χ1) is 33.5. The number of hydrogen-bond donors (Lipinski definition) is 0. The van der Waals surface area contributed by atoms with Gasteiger partial charge in [-0.25, -0.2) is 0 Å². The summed E-state index contributed by atoms with van der Waals surface area (Å²) in [6.07, 6.45) is 60.9. The van der Waals surface area contributed by atoms with E-state index in [1.54, 1.807) is 0 Å². The van der Waals surface area contributed by atoms with Crippen molar-refractivity contribution >= 4 is 19.8 Å². The van der Waals surface area contributed by atoms with Crippen LogP contribution in [0, 0.1) is 0 Å². The van der Waals surface area contributed by atoms with E-state index in [1.165, 1.54) is 218 Å². The zero-order valence-electron chi connectivity index (χ0n) is 46.3. The third-order valence-corrected chi connectivity index (χ3v) is 14.2. The summed E-state index contributed by atoms with van der Waals surface area (Å²) in [6, 6.07) is 0. The Bertz CT molecular complexity index is 1220. The zero-order valence-corrected chi connectivity index (χ0v) is 47.2. The van der Waals surface area contributed by atoms with Gasteiger partial charge in [0.25, 0.3) is 7.82 Å². The molecule has 408 valence electrons. The van der Waals surface area contributed by atoms with Crippen LogP contribution in [0.15, 0.2) is 24.3 Å². The first-order valence-electron chi connectivity index (χ1n) is 29.5. The minimum Gasteiger partial charge on any atom is -0.756 e. The van der Waals surface area contributed by atoms with Crippen LogP contribution in [0.4, 0.5) is 0 Å². The second-order valence-corrected chi connectivity index (χ2v) is 22.8. The van der Waals surface area contributed by atoms with Crippen molar-refractivity contribution in [3.05, 3.63) is 24.3 Å². The first kappa shape index (κ1) is 67.5. The molecule has 0 saturated heterocycles. The SMILES string of the molecule is CCCCCCC/C=C\C/C=C\CCCCCCCCCCCCCCCCCCCCCC(=O)OC(COC(=O)CCCCCCCCCCCCCCCC)COP(=O)([O-])OCC[N+](C)(C)C. The summed E-state index contributed by atoms with van der Waals surface area (Å²) in [5.74, 6) is -0.816. The molecule has 2 unspecified atom stereocenters. The van der Waals surface area contributed by atoms with Gasteiger partial charge in [-0.05, 0) is 44.9 Å². The lowest BCUT2D eigenvalue weighted by atomic mass is 10.0. The molecule has 0 aromatic rings. The maximum Gasteiger partial charge on any atom is 0.306 e. The smallest absolute Gasteiger partial charge is 0.306 e. The lowest BCUT2D eigenvalue weighted by Crippen LogP contribution is -2.37. The average Bonchev–Trinajstić information content (AvgIpc) is 3.31. The normalized spacial score (nSPS) is 13.4. The Kier molecular flexibility index (Phi) is 50.3. The summed E-state index contributed by atoms with van der Waals surface area (Å²) >= 11 is 0. The highest BCUT2D eigenvalue weighted by Gasteiger charge is 2.22. The van der Waals surface area contributed by atoms with E-state index >= 15 is 0 Å². The van der Waals surface area contributed by atoms with Gasteiger partial charge >= 0.3 is 11.9 Å². The quantitative estimate of drug-likeness (QED) is 0.0195. The molecule has 0 aliphatic rings. The van der Waals surface area contributed by atoms with E-state index in [4.69, 9.17) is 18.5 Å². The van der Waals surface area contributed by atoms with E-state index < -0.39 is 26.5 Å². The number of rotatable bonds is 55. The number of esters is 2. The molecular formula is C59H114NO8P. The van der Waals surface area contributed by atoms with Crippen molar-refractivity contribution in [1.82, 2.24) is 0 Å². The van der Waals surface area contributed by atoms with Crippen molar-refractivity contribution in [3.63, 3.8) is 0 Å². The summed E-state index contributed by atoms with van der Waals surface area (Å²) in [7, 11) is 1.18. The van der Waals surface area contributed by atoms with Crippen LogP contribution in [0.5, 0.6) is 0 Å². The van der Waals surface area contributed by atoms with Crippen molar-refractivity contribution in [1.29, 1.82) is 0 Å². The number of allylic oxidation sites excluding steroid dienone is 4. The van der Waals surface area contributed by atoms with E-state index in [1.807, 2.05) is 21.1 Å². The number of carbonyl (C=O) groups excluding carboxylic acids is 2. The van der Waals surface area contributed by atoms with Gasteiger partial charge in [0.15, 0.2) is 6.10 Å². The summed E-state index contributed by atoms with van der Waals surface area (Å²) in [5, 5.41) is 0. The molecule has 0 aliphatic heterocycles. The van der Waals surface area contributed by atoms with E-state index in [0.717, 1.165) is 38.5 Å². The third kappa shape index (κ3) is 55.7. The Morgan fingerprint density at radius 3 is 1.14 bits per heavy atom. The number of likely N-dealkylation sites (N-methyl/N-ethyl adjacent to an activating group) is 1. The predicted molar refractivity (Wildman–Crippen MR) is 291 cm³/mol. The van der Waals surface area contributed by atoms with Gasteiger partial charge in [-0.3, -0.25) is 14.2 Å². The van der Waals surface area contributed by atoms with Crippen molar-refractivity contribution in [2.75, 3.05) is 47.5 Å². The lowest BCUT2D eigenvalue weighted by Gasteiger charge is -2.28. The van der Waals surface area contributed by atoms with E-state index in [9.17, 15) is 19.0 Å². The average molecular weight is 997 g/mol. The number of phosphoric acid groups is 1. The standard InChI is InChI=1S/C59H114NO8P/c1-6-8-10-12-14-16-18-20-22-23-24-25-26-27-28-29-30-31-32-33-34-35-36-37-38-40-42-44-46-48-50-52-59(62)68-57(56-67-69(63,64)66-54-53-60(3,4)5)55-65-58(61)51-49-47-45-43-41-39-21-19-17-15-13-11-9-7-2/h18,20,23-24,57H,6-17,19,21-22,25-56H2,1-5H3/b20-18-,24-23-. The molecule has 2 atom stereocenters. The van der Waals surface area contributed by atoms with Gasteiger partial charge in [-0.2, -0.15) is 0 Å². The van der Waals surface area contributed by atoms with E-state index in [0.29, 0.717) is 17.4 Å². The van der Waals surface area contributed by atoms with Crippen LogP contribution >= 0.6 is 7.82 Å². The van der Waals surface area contributed by atoms with Gasteiger partial charge in [0.1, 0.15) is 19.8 Å². The molecule has 0 bridgehead atoms. The molecule has 0 saturated carbocycles. The third-order valence-electron chi connectivity index (χ3n) is 13.2. The Hall–Kier alpha value is -1.51. The molecule has 0 fully saturated rings. The first-order valence-corrected chi connectivity index (χ1v) is 31.0. The summed E-state index contributed by atoms with van der Waals surface area (Å²) in [6.45, 7) is 4.27. The number of unbranched alkanes of at least 4 members (excludes halogenated alkanes) is 37. The van der Waals surface area contributed by atoms with Gasteiger partial charge in [0.05, 0.1) is 27.7 Å². The Morgan fingerprint density at radius 2 is 0.783 bits per heavy atom. The van der Waals surface area contributed by atoms with Crippen LogP contribution < -0.4 is 4.89 Å². The molecule has 0 rings (SSSR count). The van der Waals surface area contributed by atoms with Crippen LogP contribution in [0.1, 0.15) is 290 Å². The largest absolute Gasteiger partial charge is 0.756 e. The van der Waals surface area contributed by atoms with Gasteiger partial charge in [0, 0.05) is 12.8 Å². The highest BCUT2D eigenvalue weighted by Crippen LogP contribution is 2.38. The summed E-state index contributed by atoms with van der Waals surface area (Å²) < 4.78 is 34.1. The van der Waals surface area contributed by atoms with Crippen LogP contribution in [-0.4, -0.2) is 70.0 Å². The number of carbonyl (C=O) groups is 2. The number of ether oxygens (including phenoxy) is 2. The van der Waals surface area contributed by atoms with Crippen LogP contribution in [0.25, 0.3) is 0 Å². The van der Waals surface area contributed by atoms with Crippen LogP contribution in [-0.2, 0) is 32.7 Å². The molecule has 0 aromatic carbocycles. The number of quaternary nitrogens is 1. The van der Waals surface area contributed by atoms with Gasteiger partial charge in [-0.15, -0.1) is 0 Å². The molecule has 9 nitrogen and oxygen atoms in total. The minimum absolute atomic E-state index is 0.0272.